The van der Waals surface area contributed by atoms with Crippen LogP contribution >= 0.6 is 27.5 Å². The van der Waals surface area contributed by atoms with Crippen LogP contribution in [0.4, 0.5) is 0 Å². The Morgan fingerprint density at radius 1 is 1.10 bits per heavy atom. The van der Waals surface area contributed by atoms with Crippen molar-refractivity contribution in [2.75, 3.05) is 7.11 Å². The maximum absolute atomic E-state index is 6.57. The van der Waals surface area contributed by atoms with Crippen molar-refractivity contribution < 1.29 is 4.74 Å². The molecule has 0 spiro atoms. The highest BCUT2D eigenvalue weighted by atomic mass is 79.9. The molecule has 0 saturated carbocycles. The highest BCUT2D eigenvalue weighted by Gasteiger charge is 2.14. The van der Waals surface area contributed by atoms with E-state index in [1.54, 1.807) is 7.11 Å². The van der Waals surface area contributed by atoms with E-state index in [9.17, 15) is 0 Å². The van der Waals surface area contributed by atoms with Gasteiger partial charge in [-0.05, 0) is 49.1 Å². The molecule has 0 aliphatic rings. The van der Waals surface area contributed by atoms with E-state index in [1.807, 2.05) is 18.2 Å². The molecular weight excluding hydrogens is 336 g/mol. The third-order valence-electron chi connectivity index (χ3n) is 3.52. The van der Waals surface area contributed by atoms with Gasteiger partial charge in [-0.2, -0.15) is 0 Å². The Bertz CT molecular complexity index is 610. The molecule has 0 heterocycles. The van der Waals surface area contributed by atoms with Crippen molar-refractivity contribution >= 4 is 27.5 Å². The molecule has 0 bridgehead atoms. The normalized spacial score (nSPS) is 12.2. The van der Waals surface area contributed by atoms with Gasteiger partial charge in [0, 0.05) is 10.0 Å². The van der Waals surface area contributed by atoms with Crippen molar-refractivity contribution in [1.82, 2.24) is 0 Å². The first-order chi connectivity index (χ1) is 9.51. The van der Waals surface area contributed by atoms with Gasteiger partial charge in [0.05, 0.1) is 12.5 Å². The Labute approximate surface area is 134 Å². The summed E-state index contributed by atoms with van der Waals surface area (Å²) < 4.78 is 6.41. The van der Waals surface area contributed by atoms with Crippen LogP contribution < -0.4 is 4.74 Å². The maximum Gasteiger partial charge on any atom is 0.124 e. The molecule has 3 heteroatoms. The van der Waals surface area contributed by atoms with E-state index >= 15 is 0 Å². The number of methoxy groups -OCH3 is 1. The molecular formula is C17H18BrClO. The summed E-state index contributed by atoms with van der Waals surface area (Å²) in [5.74, 6) is 0.822. The van der Waals surface area contributed by atoms with Crippen molar-refractivity contribution in [3.05, 3.63) is 63.1 Å². The molecule has 2 aromatic rings. The van der Waals surface area contributed by atoms with Gasteiger partial charge >= 0.3 is 0 Å². The molecule has 20 heavy (non-hydrogen) atoms. The van der Waals surface area contributed by atoms with E-state index in [0.29, 0.717) is 0 Å². The van der Waals surface area contributed by atoms with Gasteiger partial charge in [-0.3, -0.25) is 0 Å². The average Bonchev–Trinajstić information content (AvgIpc) is 2.42. The summed E-state index contributed by atoms with van der Waals surface area (Å²) in [4.78, 5) is 0. The number of ether oxygens (including phenoxy) is 1. The van der Waals surface area contributed by atoms with Crippen molar-refractivity contribution in [3.63, 3.8) is 0 Å². The number of benzene rings is 2. The molecule has 106 valence electrons. The van der Waals surface area contributed by atoms with Gasteiger partial charge in [0.1, 0.15) is 5.75 Å². The molecule has 0 N–H and O–H groups in total. The largest absolute Gasteiger partial charge is 0.496 e. The molecule has 2 rings (SSSR count). The minimum atomic E-state index is -0.0971. The van der Waals surface area contributed by atoms with Crippen LogP contribution in [0.5, 0.6) is 5.75 Å². The summed E-state index contributed by atoms with van der Waals surface area (Å²) in [6.45, 7) is 4.25. The SMILES string of the molecule is COc1cc(Br)ccc1C(Cl)Cc1ccc(C)c(C)c1. The number of hydrogen-bond acceptors (Lipinski definition) is 1. The lowest BCUT2D eigenvalue weighted by Gasteiger charge is -2.15. The number of halogens is 2. The highest BCUT2D eigenvalue weighted by Crippen LogP contribution is 2.34. The smallest absolute Gasteiger partial charge is 0.124 e. The van der Waals surface area contributed by atoms with E-state index in [1.165, 1.54) is 16.7 Å². The molecule has 0 saturated heterocycles. The zero-order chi connectivity index (χ0) is 14.7. The van der Waals surface area contributed by atoms with Crippen LogP contribution in [0.1, 0.15) is 27.6 Å². The average molecular weight is 354 g/mol. The molecule has 1 unspecified atom stereocenters. The van der Waals surface area contributed by atoms with Crippen molar-refractivity contribution in [2.45, 2.75) is 25.6 Å². The van der Waals surface area contributed by atoms with Gasteiger partial charge in [-0.25, -0.2) is 0 Å². The zero-order valence-corrected chi connectivity index (χ0v) is 14.3. The van der Waals surface area contributed by atoms with Crippen LogP contribution in [0.2, 0.25) is 0 Å². The van der Waals surface area contributed by atoms with E-state index in [2.05, 4.69) is 48.0 Å². The topological polar surface area (TPSA) is 9.23 Å². The van der Waals surface area contributed by atoms with Crippen LogP contribution in [0.3, 0.4) is 0 Å². The molecule has 1 nitrogen and oxygen atoms in total. The third-order valence-corrected chi connectivity index (χ3v) is 4.40. The minimum absolute atomic E-state index is 0.0971. The van der Waals surface area contributed by atoms with E-state index < -0.39 is 0 Å². The summed E-state index contributed by atoms with van der Waals surface area (Å²) >= 11 is 10.0. The molecule has 0 fully saturated rings. The Kier molecular flexibility index (Phi) is 5.11. The van der Waals surface area contributed by atoms with Gasteiger partial charge in [-0.1, -0.05) is 40.2 Å². The predicted octanol–water partition coefficient (Wildman–Crippen LogP) is 5.60. The van der Waals surface area contributed by atoms with Crippen LogP contribution in [0, 0.1) is 13.8 Å². The van der Waals surface area contributed by atoms with E-state index in [0.717, 1.165) is 22.2 Å². The highest BCUT2D eigenvalue weighted by molar-refractivity contribution is 9.10. The molecule has 0 aromatic heterocycles. The lowest BCUT2D eigenvalue weighted by atomic mass is 10.00. The maximum atomic E-state index is 6.57. The number of rotatable bonds is 4. The zero-order valence-electron chi connectivity index (χ0n) is 11.9. The summed E-state index contributed by atoms with van der Waals surface area (Å²) in [6, 6.07) is 12.5. The Morgan fingerprint density at radius 2 is 1.85 bits per heavy atom. The standard InChI is InChI=1S/C17H18BrClO/c1-11-4-5-13(8-12(11)2)9-16(19)15-7-6-14(18)10-17(15)20-3/h4-8,10,16H,9H2,1-3H3. The second kappa shape index (κ2) is 6.64. The second-order valence-electron chi connectivity index (χ2n) is 4.98. The number of aryl methyl sites for hydroxylation is 2. The first kappa shape index (κ1) is 15.4. The van der Waals surface area contributed by atoms with E-state index in [-0.39, 0.29) is 5.38 Å². The fourth-order valence-corrected chi connectivity index (χ4v) is 2.89. The van der Waals surface area contributed by atoms with Gasteiger partial charge < -0.3 is 4.74 Å². The second-order valence-corrected chi connectivity index (χ2v) is 6.42. The fourth-order valence-electron chi connectivity index (χ4n) is 2.19. The predicted molar refractivity (Wildman–Crippen MR) is 88.9 cm³/mol. The first-order valence-corrected chi connectivity index (χ1v) is 7.78. The molecule has 2 aromatic carbocycles. The first-order valence-electron chi connectivity index (χ1n) is 6.55. The molecule has 1 atom stereocenters. The summed E-state index contributed by atoms with van der Waals surface area (Å²) in [5.41, 5.74) is 4.88. The van der Waals surface area contributed by atoms with Gasteiger partial charge in [0.15, 0.2) is 0 Å². The van der Waals surface area contributed by atoms with Crippen molar-refractivity contribution in [3.8, 4) is 5.75 Å². The molecule has 0 aliphatic heterocycles. The Morgan fingerprint density at radius 3 is 2.50 bits per heavy atom. The molecule has 0 aliphatic carbocycles. The third kappa shape index (κ3) is 3.56. The van der Waals surface area contributed by atoms with Gasteiger partial charge in [-0.15, -0.1) is 11.6 Å². The van der Waals surface area contributed by atoms with Gasteiger partial charge in [0.2, 0.25) is 0 Å². The Balaban J connectivity index is 2.23. The summed E-state index contributed by atoms with van der Waals surface area (Å²) in [5, 5.41) is -0.0971. The summed E-state index contributed by atoms with van der Waals surface area (Å²) in [7, 11) is 1.67. The number of alkyl halides is 1. The summed E-state index contributed by atoms with van der Waals surface area (Å²) in [6.07, 6.45) is 0.792. The van der Waals surface area contributed by atoms with Crippen LogP contribution in [0.25, 0.3) is 0 Å². The lowest BCUT2D eigenvalue weighted by molar-refractivity contribution is 0.408. The lowest BCUT2D eigenvalue weighted by Crippen LogP contribution is -2.00. The van der Waals surface area contributed by atoms with Crippen molar-refractivity contribution in [1.29, 1.82) is 0 Å². The molecule has 0 radical (unpaired) electrons. The minimum Gasteiger partial charge on any atom is -0.496 e. The monoisotopic (exact) mass is 352 g/mol. The van der Waals surface area contributed by atoms with Crippen LogP contribution in [0.15, 0.2) is 40.9 Å². The quantitative estimate of drug-likeness (QED) is 0.650. The van der Waals surface area contributed by atoms with Crippen molar-refractivity contribution in [2.24, 2.45) is 0 Å². The Hall–Kier alpha value is -0.990. The van der Waals surface area contributed by atoms with Crippen LogP contribution in [-0.4, -0.2) is 7.11 Å². The molecule has 0 amide bonds. The number of hydrogen-bond donors (Lipinski definition) is 0. The van der Waals surface area contributed by atoms with Crippen LogP contribution in [-0.2, 0) is 6.42 Å². The fraction of sp³-hybridized carbons (Fsp3) is 0.294. The van der Waals surface area contributed by atoms with Gasteiger partial charge in [0.25, 0.3) is 0 Å². The van der Waals surface area contributed by atoms with E-state index in [4.69, 9.17) is 16.3 Å².